The number of unbranched alkanes of at least 4 members (excludes halogenated alkanes) is 1. The summed E-state index contributed by atoms with van der Waals surface area (Å²) >= 11 is 1.77. The van der Waals surface area contributed by atoms with E-state index in [1.165, 1.54) is 42.1 Å². The second kappa shape index (κ2) is 11.9. The van der Waals surface area contributed by atoms with E-state index in [9.17, 15) is 0 Å². The lowest BCUT2D eigenvalue weighted by molar-refractivity contribution is 0.331. The van der Waals surface area contributed by atoms with Gasteiger partial charge in [-0.25, -0.2) is 9.98 Å². The molecular formula is C23H35N5S. The minimum absolute atomic E-state index is 0.706. The zero-order chi connectivity index (χ0) is 20.3. The van der Waals surface area contributed by atoms with Gasteiger partial charge in [-0.2, -0.15) is 0 Å². The second-order valence-corrected chi connectivity index (χ2v) is 8.70. The molecular weight excluding hydrogens is 378 g/mol. The molecule has 0 aliphatic carbocycles. The lowest BCUT2D eigenvalue weighted by Crippen LogP contribution is -2.37. The topological polar surface area (TPSA) is 52.6 Å². The van der Waals surface area contributed by atoms with Gasteiger partial charge in [-0.1, -0.05) is 24.3 Å². The van der Waals surface area contributed by atoms with Crippen molar-refractivity contribution in [2.75, 3.05) is 26.2 Å². The van der Waals surface area contributed by atoms with Crippen molar-refractivity contribution in [2.45, 2.75) is 59.0 Å². The second-order valence-electron chi connectivity index (χ2n) is 7.76. The number of nitrogens with zero attached hydrogens (tertiary/aromatic N) is 3. The zero-order valence-electron chi connectivity index (χ0n) is 17.9. The summed E-state index contributed by atoms with van der Waals surface area (Å²) in [6.45, 7) is 10.2. The highest BCUT2D eigenvalue weighted by molar-refractivity contribution is 7.09. The Bertz CT molecular complexity index is 747. The highest BCUT2D eigenvalue weighted by Crippen LogP contribution is 2.14. The number of hydrogen-bond acceptors (Lipinski definition) is 4. The molecule has 0 unspecified atom stereocenters. The van der Waals surface area contributed by atoms with Crippen molar-refractivity contribution in [2.24, 2.45) is 4.99 Å². The summed E-state index contributed by atoms with van der Waals surface area (Å²) in [6, 6.07) is 8.94. The normalized spacial score (nSPS) is 15.0. The van der Waals surface area contributed by atoms with Crippen LogP contribution in [0.15, 0.2) is 34.6 Å². The first kappa shape index (κ1) is 21.8. The third-order valence-corrected chi connectivity index (χ3v) is 6.19. The summed E-state index contributed by atoms with van der Waals surface area (Å²) < 4.78 is 0. The number of likely N-dealkylation sites (tertiary alicyclic amines) is 1. The lowest BCUT2D eigenvalue weighted by Gasteiger charge is -2.14. The molecule has 1 aromatic carbocycles. The summed E-state index contributed by atoms with van der Waals surface area (Å²) in [7, 11) is 0. The van der Waals surface area contributed by atoms with Crippen molar-refractivity contribution in [3.63, 3.8) is 0 Å². The van der Waals surface area contributed by atoms with Gasteiger partial charge in [-0.3, -0.25) is 4.90 Å². The molecule has 6 heteroatoms. The Labute approximate surface area is 179 Å². The maximum atomic E-state index is 4.75. The molecule has 0 bridgehead atoms. The van der Waals surface area contributed by atoms with Crippen molar-refractivity contribution in [3.8, 4) is 0 Å². The van der Waals surface area contributed by atoms with Crippen molar-refractivity contribution < 1.29 is 0 Å². The molecule has 0 saturated carbocycles. The van der Waals surface area contributed by atoms with Crippen LogP contribution < -0.4 is 10.6 Å². The van der Waals surface area contributed by atoms with Gasteiger partial charge in [0.05, 0.1) is 11.6 Å². The van der Waals surface area contributed by atoms with E-state index in [-0.39, 0.29) is 0 Å². The van der Waals surface area contributed by atoms with Crippen LogP contribution in [0.5, 0.6) is 0 Å². The van der Waals surface area contributed by atoms with E-state index < -0.39 is 0 Å². The Kier molecular flexibility index (Phi) is 8.96. The first-order valence-electron chi connectivity index (χ1n) is 11.0. The van der Waals surface area contributed by atoms with Crippen LogP contribution in [0.1, 0.15) is 54.4 Å². The van der Waals surface area contributed by atoms with Crippen molar-refractivity contribution >= 4 is 17.3 Å². The van der Waals surface area contributed by atoms with Crippen LogP contribution in [0.25, 0.3) is 0 Å². The van der Waals surface area contributed by atoms with Crippen LogP contribution in [0.2, 0.25) is 0 Å². The van der Waals surface area contributed by atoms with Crippen molar-refractivity contribution in [1.82, 2.24) is 20.5 Å². The predicted octanol–water partition coefficient (Wildman–Crippen LogP) is 4.13. The Morgan fingerprint density at radius 3 is 2.55 bits per heavy atom. The molecule has 0 radical (unpaired) electrons. The first-order chi connectivity index (χ1) is 14.2. The van der Waals surface area contributed by atoms with E-state index in [0.717, 1.165) is 50.6 Å². The van der Waals surface area contributed by atoms with Crippen LogP contribution in [0.3, 0.4) is 0 Å². The maximum absolute atomic E-state index is 4.75. The van der Waals surface area contributed by atoms with E-state index in [0.29, 0.717) is 6.54 Å². The van der Waals surface area contributed by atoms with Gasteiger partial charge >= 0.3 is 0 Å². The van der Waals surface area contributed by atoms with Crippen molar-refractivity contribution in [1.29, 1.82) is 0 Å². The van der Waals surface area contributed by atoms with Crippen LogP contribution in [-0.4, -0.2) is 42.0 Å². The Hall–Kier alpha value is -1.92. The fourth-order valence-electron chi connectivity index (χ4n) is 3.59. The first-order valence-corrected chi connectivity index (χ1v) is 11.8. The maximum Gasteiger partial charge on any atom is 0.191 e. The zero-order valence-corrected chi connectivity index (χ0v) is 18.7. The van der Waals surface area contributed by atoms with E-state index in [2.05, 4.69) is 64.0 Å². The molecule has 0 spiro atoms. The molecule has 1 aliphatic heterocycles. The number of benzene rings is 1. The molecule has 1 saturated heterocycles. The summed E-state index contributed by atoms with van der Waals surface area (Å²) in [5.41, 5.74) is 3.79. The number of aliphatic imine (C=N–C) groups is 1. The fourth-order valence-corrected chi connectivity index (χ4v) is 4.40. The average molecular weight is 414 g/mol. The number of rotatable bonds is 10. The molecule has 158 valence electrons. The number of aromatic nitrogens is 1. The largest absolute Gasteiger partial charge is 0.357 e. The van der Waals surface area contributed by atoms with Gasteiger partial charge in [0.15, 0.2) is 5.96 Å². The number of thiazole rings is 1. The van der Waals surface area contributed by atoms with Crippen molar-refractivity contribution in [3.05, 3.63) is 51.5 Å². The Morgan fingerprint density at radius 1 is 1.10 bits per heavy atom. The highest BCUT2D eigenvalue weighted by atomic mass is 32.1. The van der Waals surface area contributed by atoms with Gasteiger partial charge in [-0.15, -0.1) is 11.3 Å². The smallest absolute Gasteiger partial charge is 0.191 e. The van der Waals surface area contributed by atoms with E-state index >= 15 is 0 Å². The van der Waals surface area contributed by atoms with Crippen LogP contribution >= 0.6 is 11.3 Å². The number of nitrogens with one attached hydrogen (secondary N) is 2. The molecule has 3 rings (SSSR count). The molecule has 2 N–H and O–H groups in total. The Morgan fingerprint density at radius 2 is 1.86 bits per heavy atom. The summed E-state index contributed by atoms with van der Waals surface area (Å²) in [6.07, 6.45) is 6.03. The molecule has 0 amide bonds. The monoisotopic (exact) mass is 413 g/mol. The van der Waals surface area contributed by atoms with Gasteiger partial charge in [0.1, 0.15) is 0 Å². The molecule has 1 aromatic heterocycles. The minimum Gasteiger partial charge on any atom is -0.357 e. The number of guanidine groups is 1. The number of hydrogen-bond donors (Lipinski definition) is 2. The third kappa shape index (κ3) is 7.78. The number of aryl methyl sites for hydroxylation is 2. The van der Waals surface area contributed by atoms with Crippen LogP contribution in [0, 0.1) is 6.92 Å². The van der Waals surface area contributed by atoms with Crippen LogP contribution in [-0.2, 0) is 19.5 Å². The fraction of sp³-hybridized carbons (Fsp3) is 0.565. The molecule has 2 heterocycles. The van der Waals surface area contributed by atoms with Gasteiger partial charge in [0.25, 0.3) is 0 Å². The molecule has 2 aromatic rings. The van der Waals surface area contributed by atoms with Gasteiger partial charge in [0, 0.05) is 30.7 Å². The molecule has 1 aliphatic rings. The quantitative estimate of drug-likeness (QED) is 0.349. The van der Waals surface area contributed by atoms with E-state index in [1.54, 1.807) is 11.3 Å². The Balaban J connectivity index is 1.39. The molecule has 0 atom stereocenters. The SMILES string of the molecule is CCNC(=NCc1ccc(CN2CCCC2)cc1)NCCCCc1nc(C)cs1. The van der Waals surface area contributed by atoms with E-state index in [4.69, 9.17) is 4.99 Å². The molecule has 1 fully saturated rings. The summed E-state index contributed by atoms with van der Waals surface area (Å²) in [5, 5.41) is 10.2. The van der Waals surface area contributed by atoms with Gasteiger partial charge in [-0.05, 0) is 70.2 Å². The summed E-state index contributed by atoms with van der Waals surface area (Å²) in [4.78, 5) is 11.8. The standard InChI is InChI=1S/C23H35N5S/c1-3-24-23(25-13-5-4-8-22-27-19(2)18-29-22)26-16-20-9-11-21(12-10-20)17-28-14-6-7-15-28/h9-12,18H,3-8,13-17H2,1-2H3,(H2,24,25,26). The van der Waals surface area contributed by atoms with E-state index in [1.807, 2.05) is 0 Å². The predicted molar refractivity (Wildman–Crippen MR) is 124 cm³/mol. The minimum atomic E-state index is 0.706. The van der Waals surface area contributed by atoms with Gasteiger partial charge in [0.2, 0.25) is 0 Å². The highest BCUT2D eigenvalue weighted by Gasteiger charge is 2.11. The average Bonchev–Trinajstić information content (AvgIpc) is 3.38. The third-order valence-electron chi connectivity index (χ3n) is 5.17. The molecule has 5 nitrogen and oxygen atoms in total. The molecule has 29 heavy (non-hydrogen) atoms. The van der Waals surface area contributed by atoms with Crippen LogP contribution in [0.4, 0.5) is 0 Å². The summed E-state index contributed by atoms with van der Waals surface area (Å²) in [5.74, 6) is 0.902. The lowest BCUT2D eigenvalue weighted by atomic mass is 10.1. The van der Waals surface area contributed by atoms with Gasteiger partial charge < -0.3 is 10.6 Å².